The zero-order chi connectivity index (χ0) is 13.1. The molecule has 0 atom stereocenters. The van der Waals surface area contributed by atoms with Gasteiger partial charge in [0.05, 0.1) is 10.6 Å². The number of aryl methyl sites for hydroxylation is 1. The summed E-state index contributed by atoms with van der Waals surface area (Å²) in [4.78, 5) is 10.2. The second-order valence-electron chi connectivity index (χ2n) is 3.90. The predicted octanol–water partition coefficient (Wildman–Crippen LogP) is 3.35. The summed E-state index contributed by atoms with van der Waals surface area (Å²) in [7, 11) is 0. The van der Waals surface area contributed by atoms with E-state index in [2.05, 4.69) is 5.32 Å². The largest absolute Gasteiger partial charge is 0.506 e. The highest BCUT2D eigenvalue weighted by Gasteiger charge is 2.10. The summed E-state index contributed by atoms with van der Waals surface area (Å²) in [6.45, 7) is 1.91. The molecular formula is C13H12N2O3. The first-order valence-corrected chi connectivity index (χ1v) is 5.38. The predicted molar refractivity (Wildman–Crippen MR) is 69.2 cm³/mol. The third-order valence-corrected chi connectivity index (χ3v) is 2.61. The van der Waals surface area contributed by atoms with Crippen molar-refractivity contribution in [2.24, 2.45) is 0 Å². The van der Waals surface area contributed by atoms with Crippen LogP contribution in [-0.2, 0) is 0 Å². The summed E-state index contributed by atoms with van der Waals surface area (Å²) in [5.41, 5.74) is 2.04. The molecule has 0 saturated carbocycles. The van der Waals surface area contributed by atoms with Gasteiger partial charge in [0, 0.05) is 17.8 Å². The number of phenols is 1. The van der Waals surface area contributed by atoms with Gasteiger partial charge in [0.1, 0.15) is 5.75 Å². The quantitative estimate of drug-likeness (QED) is 0.493. The second kappa shape index (κ2) is 4.75. The van der Waals surface area contributed by atoms with Crippen LogP contribution in [0.15, 0.2) is 42.5 Å². The highest BCUT2D eigenvalue weighted by molar-refractivity contribution is 5.70. The van der Waals surface area contributed by atoms with Gasteiger partial charge in [0.15, 0.2) is 0 Å². The Bertz CT molecular complexity index is 597. The van der Waals surface area contributed by atoms with Gasteiger partial charge in [-0.1, -0.05) is 18.2 Å². The van der Waals surface area contributed by atoms with E-state index in [1.54, 1.807) is 0 Å². The Morgan fingerprint density at radius 3 is 2.56 bits per heavy atom. The van der Waals surface area contributed by atoms with Crippen LogP contribution in [0.2, 0.25) is 0 Å². The minimum atomic E-state index is -0.498. The van der Waals surface area contributed by atoms with Gasteiger partial charge >= 0.3 is 0 Å². The van der Waals surface area contributed by atoms with Crippen LogP contribution in [0.25, 0.3) is 0 Å². The maximum atomic E-state index is 10.7. The molecule has 2 aromatic carbocycles. The van der Waals surface area contributed by atoms with E-state index >= 15 is 0 Å². The molecule has 0 aliphatic heterocycles. The molecule has 2 aromatic rings. The summed E-state index contributed by atoms with van der Waals surface area (Å²) in [6, 6.07) is 11.4. The number of anilines is 2. The zero-order valence-electron chi connectivity index (χ0n) is 9.75. The molecule has 0 aromatic heterocycles. The number of aromatic hydroxyl groups is 1. The molecule has 0 saturated heterocycles. The van der Waals surface area contributed by atoms with Crippen LogP contribution in [0, 0.1) is 17.0 Å². The number of rotatable bonds is 3. The van der Waals surface area contributed by atoms with Gasteiger partial charge < -0.3 is 10.4 Å². The van der Waals surface area contributed by atoms with Gasteiger partial charge in [0.2, 0.25) is 0 Å². The number of nitro benzene ring substituents is 1. The lowest BCUT2D eigenvalue weighted by Gasteiger charge is -2.10. The highest BCUT2D eigenvalue weighted by Crippen LogP contribution is 2.31. The van der Waals surface area contributed by atoms with Crippen molar-refractivity contribution in [3.8, 4) is 5.75 Å². The summed E-state index contributed by atoms with van der Waals surface area (Å²) in [5.74, 6) is -0.0242. The van der Waals surface area contributed by atoms with Crippen molar-refractivity contribution < 1.29 is 10.0 Å². The number of hydrogen-bond acceptors (Lipinski definition) is 4. The average Bonchev–Trinajstić information content (AvgIpc) is 2.34. The third kappa shape index (κ3) is 2.40. The van der Waals surface area contributed by atoms with Crippen molar-refractivity contribution in [2.75, 3.05) is 5.32 Å². The summed E-state index contributed by atoms with van der Waals surface area (Å²) < 4.78 is 0. The van der Waals surface area contributed by atoms with E-state index in [4.69, 9.17) is 0 Å². The van der Waals surface area contributed by atoms with Crippen LogP contribution in [0.4, 0.5) is 17.1 Å². The molecule has 5 heteroatoms. The number of nitrogens with zero attached hydrogens (tertiary/aromatic N) is 1. The topological polar surface area (TPSA) is 75.4 Å². The first-order valence-electron chi connectivity index (χ1n) is 5.38. The number of hydrogen-bond donors (Lipinski definition) is 2. The lowest BCUT2D eigenvalue weighted by molar-refractivity contribution is -0.384. The van der Waals surface area contributed by atoms with Crippen LogP contribution in [-0.4, -0.2) is 10.0 Å². The van der Waals surface area contributed by atoms with Gasteiger partial charge in [-0.3, -0.25) is 10.1 Å². The van der Waals surface area contributed by atoms with Gasteiger partial charge in [-0.2, -0.15) is 0 Å². The van der Waals surface area contributed by atoms with Gasteiger partial charge in [0.25, 0.3) is 5.69 Å². The monoisotopic (exact) mass is 244 g/mol. The molecule has 0 bridgehead atoms. The Morgan fingerprint density at radius 2 is 1.89 bits per heavy atom. The molecule has 0 unspecified atom stereocenters. The van der Waals surface area contributed by atoms with Crippen molar-refractivity contribution in [1.29, 1.82) is 0 Å². The molecular weight excluding hydrogens is 232 g/mol. The third-order valence-electron chi connectivity index (χ3n) is 2.61. The van der Waals surface area contributed by atoms with Gasteiger partial charge in [-0.05, 0) is 24.6 Å². The van der Waals surface area contributed by atoms with Crippen molar-refractivity contribution >= 4 is 17.1 Å². The maximum absolute atomic E-state index is 10.7. The van der Waals surface area contributed by atoms with Crippen LogP contribution in [0.3, 0.4) is 0 Å². The van der Waals surface area contributed by atoms with Crippen molar-refractivity contribution in [2.45, 2.75) is 6.92 Å². The van der Waals surface area contributed by atoms with Crippen molar-refractivity contribution in [3.63, 3.8) is 0 Å². The number of nitrogens with one attached hydrogen (secondary N) is 1. The standard InChI is InChI=1S/C13H12N2O3/c1-9-4-2-3-5-11(9)14-12-8-10(15(17)18)6-7-13(12)16/h2-8,14,16H,1H3. The van der Waals surface area contributed by atoms with Crippen molar-refractivity contribution in [3.05, 3.63) is 58.1 Å². The average molecular weight is 244 g/mol. The van der Waals surface area contributed by atoms with E-state index in [0.717, 1.165) is 11.3 Å². The number of phenolic OH excluding ortho intramolecular Hbond substituents is 1. The second-order valence-corrected chi connectivity index (χ2v) is 3.90. The molecule has 0 radical (unpaired) electrons. The van der Waals surface area contributed by atoms with Gasteiger partial charge in [-0.15, -0.1) is 0 Å². The fourth-order valence-corrected chi connectivity index (χ4v) is 1.60. The maximum Gasteiger partial charge on any atom is 0.271 e. The normalized spacial score (nSPS) is 10.1. The molecule has 0 aliphatic rings. The Balaban J connectivity index is 2.37. The van der Waals surface area contributed by atoms with E-state index in [-0.39, 0.29) is 11.4 Å². The molecule has 0 fully saturated rings. The van der Waals surface area contributed by atoms with Crippen LogP contribution < -0.4 is 5.32 Å². The fraction of sp³-hybridized carbons (Fsp3) is 0.0769. The lowest BCUT2D eigenvalue weighted by Crippen LogP contribution is -1.95. The Hall–Kier alpha value is -2.56. The number of para-hydroxylation sites is 1. The molecule has 2 N–H and O–H groups in total. The zero-order valence-corrected chi connectivity index (χ0v) is 9.75. The number of non-ortho nitro benzene ring substituents is 1. The molecule has 5 nitrogen and oxygen atoms in total. The molecule has 2 rings (SSSR count). The fourth-order valence-electron chi connectivity index (χ4n) is 1.60. The first kappa shape index (κ1) is 11.9. The van der Waals surface area contributed by atoms with E-state index in [0.29, 0.717) is 5.69 Å². The van der Waals surface area contributed by atoms with E-state index < -0.39 is 4.92 Å². The minimum absolute atomic E-state index is 0.0242. The SMILES string of the molecule is Cc1ccccc1Nc1cc([N+](=O)[O-])ccc1O. The molecule has 0 aliphatic carbocycles. The Labute approximate surface area is 104 Å². The highest BCUT2D eigenvalue weighted by atomic mass is 16.6. The Morgan fingerprint density at radius 1 is 1.17 bits per heavy atom. The smallest absolute Gasteiger partial charge is 0.271 e. The number of benzene rings is 2. The van der Waals surface area contributed by atoms with E-state index in [9.17, 15) is 15.2 Å². The van der Waals surface area contributed by atoms with Crippen LogP contribution in [0.1, 0.15) is 5.56 Å². The molecule has 0 amide bonds. The minimum Gasteiger partial charge on any atom is -0.506 e. The Kier molecular flexibility index (Phi) is 3.14. The van der Waals surface area contributed by atoms with Gasteiger partial charge in [-0.25, -0.2) is 0 Å². The summed E-state index contributed by atoms with van der Waals surface area (Å²) >= 11 is 0. The molecule has 92 valence electrons. The first-order chi connectivity index (χ1) is 8.58. The molecule has 0 heterocycles. The summed E-state index contributed by atoms with van der Waals surface area (Å²) in [5, 5.41) is 23.3. The molecule has 18 heavy (non-hydrogen) atoms. The lowest BCUT2D eigenvalue weighted by atomic mass is 10.2. The molecule has 0 spiro atoms. The number of nitro groups is 1. The van der Waals surface area contributed by atoms with Crippen molar-refractivity contribution in [1.82, 2.24) is 0 Å². The van der Waals surface area contributed by atoms with Crippen LogP contribution in [0.5, 0.6) is 5.75 Å². The van der Waals surface area contributed by atoms with E-state index in [1.165, 1.54) is 18.2 Å². The van der Waals surface area contributed by atoms with Crippen LogP contribution >= 0.6 is 0 Å². The summed E-state index contributed by atoms with van der Waals surface area (Å²) in [6.07, 6.45) is 0. The van der Waals surface area contributed by atoms with E-state index in [1.807, 2.05) is 31.2 Å².